The van der Waals surface area contributed by atoms with E-state index in [0.29, 0.717) is 23.7 Å². The molecule has 0 bridgehead atoms. The van der Waals surface area contributed by atoms with E-state index in [2.05, 4.69) is 20.8 Å². The fourth-order valence-electron chi connectivity index (χ4n) is 5.22. The first-order valence-corrected chi connectivity index (χ1v) is 10.0. The number of thioether (sulfide) groups is 1. The van der Waals surface area contributed by atoms with E-state index in [0.717, 1.165) is 31.6 Å². The van der Waals surface area contributed by atoms with Crippen molar-refractivity contribution in [1.82, 2.24) is 0 Å². The molecule has 0 aromatic rings. The van der Waals surface area contributed by atoms with Crippen LogP contribution in [0.4, 0.5) is 0 Å². The van der Waals surface area contributed by atoms with E-state index in [4.69, 9.17) is 4.74 Å². The van der Waals surface area contributed by atoms with Crippen LogP contribution in [0.1, 0.15) is 59.3 Å². The maximum atomic E-state index is 11.7. The second-order valence-corrected chi connectivity index (χ2v) is 9.36. The summed E-state index contributed by atoms with van der Waals surface area (Å²) >= 11 is 2.03. The summed E-state index contributed by atoms with van der Waals surface area (Å²) in [6.45, 7) is 7.77. The lowest BCUT2D eigenvalue weighted by Crippen LogP contribution is -2.55. The minimum absolute atomic E-state index is 0.0888. The summed E-state index contributed by atoms with van der Waals surface area (Å²) in [6, 6.07) is 0. The molecule has 3 fully saturated rings. The Kier molecular flexibility index (Phi) is 4.65. The van der Waals surface area contributed by atoms with Crippen LogP contribution in [0.5, 0.6) is 0 Å². The maximum Gasteiger partial charge on any atom is 0.0784 e. The molecule has 1 spiro atoms. The highest BCUT2D eigenvalue weighted by Crippen LogP contribution is 2.51. The summed E-state index contributed by atoms with van der Waals surface area (Å²) in [7, 11) is 0. The van der Waals surface area contributed by atoms with Crippen molar-refractivity contribution in [3.8, 4) is 0 Å². The molecule has 1 N–H and O–H groups in total. The summed E-state index contributed by atoms with van der Waals surface area (Å²) in [6.07, 6.45) is 6.82. The SMILES string of the molecule is CC1CCC(C(C)C)C(O)(C2CCOC3(CCSC3)C2)C1. The smallest absolute Gasteiger partial charge is 0.0784 e. The number of hydrogen-bond acceptors (Lipinski definition) is 3. The third-order valence-corrected chi connectivity index (χ3v) is 7.58. The maximum absolute atomic E-state index is 11.7. The molecule has 2 saturated heterocycles. The standard InChI is InChI=1S/C18H32O2S/c1-13(2)16-5-4-14(3)10-18(16,19)15-6-8-20-17(11-15)7-9-21-12-17/h13-16,19H,4-12H2,1-3H3. The Morgan fingerprint density at radius 3 is 2.67 bits per heavy atom. The first-order valence-electron chi connectivity index (χ1n) is 8.89. The highest BCUT2D eigenvalue weighted by Gasteiger charge is 2.52. The summed E-state index contributed by atoms with van der Waals surface area (Å²) in [4.78, 5) is 0. The van der Waals surface area contributed by atoms with Crippen molar-refractivity contribution in [1.29, 1.82) is 0 Å². The summed E-state index contributed by atoms with van der Waals surface area (Å²) in [5.41, 5.74) is -0.360. The monoisotopic (exact) mass is 312 g/mol. The first kappa shape index (κ1) is 16.1. The van der Waals surface area contributed by atoms with Crippen molar-refractivity contribution in [2.75, 3.05) is 18.1 Å². The fourth-order valence-corrected chi connectivity index (χ4v) is 6.60. The highest BCUT2D eigenvalue weighted by molar-refractivity contribution is 7.99. The van der Waals surface area contributed by atoms with Crippen LogP contribution in [0.25, 0.3) is 0 Å². The van der Waals surface area contributed by atoms with Gasteiger partial charge < -0.3 is 9.84 Å². The fraction of sp³-hybridized carbons (Fsp3) is 1.00. The minimum Gasteiger partial charge on any atom is -0.389 e. The second-order valence-electron chi connectivity index (χ2n) is 8.25. The quantitative estimate of drug-likeness (QED) is 0.832. The van der Waals surface area contributed by atoms with E-state index >= 15 is 0 Å². The molecule has 1 saturated carbocycles. The molecule has 0 aromatic carbocycles. The molecule has 5 unspecified atom stereocenters. The Hall–Kier alpha value is 0.270. The normalized spacial score (nSPS) is 48.1. The predicted molar refractivity (Wildman–Crippen MR) is 89.6 cm³/mol. The van der Waals surface area contributed by atoms with E-state index in [1.54, 1.807) is 0 Å². The van der Waals surface area contributed by atoms with E-state index in [1.807, 2.05) is 11.8 Å². The Morgan fingerprint density at radius 2 is 2.00 bits per heavy atom. The number of ether oxygens (including phenoxy) is 1. The van der Waals surface area contributed by atoms with E-state index in [1.165, 1.54) is 25.0 Å². The minimum atomic E-state index is -0.449. The van der Waals surface area contributed by atoms with Gasteiger partial charge in [-0.05, 0) is 61.5 Å². The molecule has 3 heteroatoms. The molecule has 5 atom stereocenters. The lowest BCUT2D eigenvalue weighted by atomic mass is 9.59. The average molecular weight is 313 g/mol. The van der Waals surface area contributed by atoms with Crippen molar-refractivity contribution in [2.24, 2.45) is 23.7 Å². The largest absolute Gasteiger partial charge is 0.389 e. The van der Waals surface area contributed by atoms with Gasteiger partial charge in [-0.25, -0.2) is 0 Å². The Morgan fingerprint density at radius 1 is 1.19 bits per heavy atom. The summed E-state index contributed by atoms with van der Waals surface area (Å²) < 4.78 is 6.18. The zero-order chi connectivity index (χ0) is 15.1. The van der Waals surface area contributed by atoms with E-state index in [-0.39, 0.29) is 5.60 Å². The van der Waals surface area contributed by atoms with Gasteiger partial charge >= 0.3 is 0 Å². The van der Waals surface area contributed by atoms with Crippen molar-refractivity contribution in [2.45, 2.75) is 70.5 Å². The van der Waals surface area contributed by atoms with Gasteiger partial charge in [0.1, 0.15) is 0 Å². The van der Waals surface area contributed by atoms with Crippen molar-refractivity contribution < 1.29 is 9.84 Å². The van der Waals surface area contributed by atoms with Crippen LogP contribution in [0, 0.1) is 23.7 Å². The van der Waals surface area contributed by atoms with E-state index in [9.17, 15) is 5.11 Å². The highest BCUT2D eigenvalue weighted by atomic mass is 32.2. The van der Waals surface area contributed by atoms with Crippen LogP contribution in [0.2, 0.25) is 0 Å². The molecule has 0 amide bonds. The van der Waals surface area contributed by atoms with Crippen LogP contribution in [-0.4, -0.2) is 34.4 Å². The Bertz CT molecular complexity index is 364. The number of rotatable bonds is 2. The third-order valence-electron chi connectivity index (χ3n) is 6.36. The number of aliphatic hydroxyl groups is 1. The Labute approximate surface area is 134 Å². The zero-order valence-electron chi connectivity index (χ0n) is 13.9. The van der Waals surface area contributed by atoms with Gasteiger partial charge in [0, 0.05) is 12.4 Å². The summed E-state index contributed by atoms with van der Waals surface area (Å²) in [5, 5.41) is 11.7. The van der Waals surface area contributed by atoms with Gasteiger partial charge in [-0.1, -0.05) is 27.2 Å². The molecule has 3 rings (SSSR count). The molecular formula is C18H32O2S. The van der Waals surface area contributed by atoms with E-state index < -0.39 is 5.60 Å². The second kappa shape index (κ2) is 6.05. The van der Waals surface area contributed by atoms with Crippen LogP contribution in [-0.2, 0) is 4.74 Å². The Balaban J connectivity index is 1.81. The van der Waals surface area contributed by atoms with Crippen LogP contribution >= 0.6 is 11.8 Å². The topological polar surface area (TPSA) is 29.5 Å². The molecule has 21 heavy (non-hydrogen) atoms. The van der Waals surface area contributed by atoms with Crippen molar-refractivity contribution in [3.63, 3.8) is 0 Å². The van der Waals surface area contributed by atoms with Gasteiger partial charge in [0.25, 0.3) is 0 Å². The lowest BCUT2D eigenvalue weighted by molar-refractivity contribution is -0.175. The van der Waals surface area contributed by atoms with Crippen LogP contribution in [0.3, 0.4) is 0 Å². The molecule has 2 nitrogen and oxygen atoms in total. The van der Waals surface area contributed by atoms with Gasteiger partial charge in [-0.3, -0.25) is 0 Å². The van der Waals surface area contributed by atoms with Crippen molar-refractivity contribution in [3.05, 3.63) is 0 Å². The average Bonchev–Trinajstić information content (AvgIpc) is 2.86. The van der Waals surface area contributed by atoms with Gasteiger partial charge in [0.15, 0.2) is 0 Å². The molecular weight excluding hydrogens is 280 g/mol. The molecule has 2 heterocycles. The van der Waals surface area contributed by atoms with Crippen molar-refractivity contribution >= 4 is 11.8 Å². The molecule has 0 radical (unpaired) electrons. The zero-order valence-corrected chi connectivity index (χ0v) is 14.8. The molecule has 1 aliphatic carbocycles. The van der Waals surface area contributed by atoms with Gasteiger partial charge in [0.05, 0.1) is 11.2 Å². The van der Waals surface area contributed by atoms with Crippen LogP contribution in [0.15, 0.2) is 0 Å². The third kappa shape index (κ3) is 3.03. The number of hydrogen-bond donors (Lipinski definition) is 1. The lowest BCUT2D eigenvalue weighted by Gasteiger charge is -2.52. The molecule has 2 aliphatic heterocycles. The summed E-state index contributed by atoms with van der Waals surface area (Å²) in [5.74, 6) is 4.54. The van der Waals surface area contributed by atoms with Gasteiger partial charge in [0.2, 0.25) is 0 Å². The van der Waals surface area contributed by atoms with Crippen LogP contribution < -0.4 is 0 Å². The predicted octanol–water partition coefficient (Wildman–Crippen LogP) is 4.11. The molecule has 122 valence electrons. The van der Waals surface area contributed by atoms with Gasteiger partial charge in [-0.2, -0.15) is 11.8 Å². The molecule has 0 aromatic heterocycles. The molecule has 3 aliphatic rings. The first-order chi connectivity index (χ1) is 9.95. The van der Waals surface area contributed by atoms with Gasteiger partial charge in [-0.15, -0.1) is 0 Å².